The van der Waals surface area contributed by atoms with Crippen LogP contribution in [0.25, 0.3) is 0 Å². The maximum absolute atomic E-state index is 12.7. The fourth-order valence-electron chi connectivity index (χ4n) is 3.21. The molecular weight excluding hydrogens is 386 g/mol. The number of hydrogen-bond acceptors (Lipinski definition) is 2. The van der Waals surface area contributed by atoms with Crippen molar-refractivity contribution in [3.8, 4) is 0 Å². The lowest BCUT2D eigenvalue weighted by Gasteiger charge is -2.13. The van der Waals surface area contributed by atoms with Crippen LogP contribution in [0, 0.1) is 27.7 Å². The molecule has 0 aliphatic heterocycles. The molecule has 0 heterocycles. The minimum atomic E-state index is -3.75. The Morgan fingerprint density at radius 3 is 1.93 bits per heavy atom. The molecule has 0 aliphatic rings. The van der Waals surface area contributed by atoms with Crippen LogP contribution in [0.5, 0.6) is 0 Å². The van der Waals surface area contributed by atoms with Crippen molar-refractivity contribution >= 4 is 26.0 Å². The first-order valence-electron chi connectivity index (χ1n) is 8.99. The summed E-state index contributed by atoms with van der Waals surface area (Å²) in [6.07, 6.45) is 0. The van der Waals surface area contributed by atoms with Gasteiger partial charge in [0.05, 0.1) is 9.76 Å². The quantitative estimate of drug-likeness (QED) is 0.442. The zero-order chi connectivity index (χ0) is 20.3. The monoisotopic (exact) mass is 409 g/mol. The van der Waals surface area contributed by atoms with Gasteiger partial charge >= 0.3 is 0 Å². The van der Waals surface area contributed by atoms with E-state index in [1.807, 2.05) is 51.1 Å². The van der Waals surface area contributed by atoms with Gasteiger partial charge in [-0.3, -0.25) is 0 Å². The minimum absolute atomic E-state index is 0.204. The van der Waals surface area contributed by atoms with Crippen LogP contribution in [0.1, 0.15) is 33.4 Å². The molecule has 28 heavy (non-hydrogen) atoms. The minimum Gasteiger partial charge on any atom is -0.198 e. The fraction of sp³-hybridized carbons (Fsp3) is 0.174. The number of hydrogen-bond donors (Lipinski definition) is 0. The third-order valence-electron chi connectivity index (χ3n) is 4.49. The molecule has 0 saturated heterocycles. The van der Waals surface area contributed by atoms with Gasteiger partial charge in [-0.1, -0.05) is 69.5 Å². The normalized spacial score (nSPS) is 11.1. The molecule has 0 radical (unpaired) electrons. The average molecular weight is 410 g/mol. The van der Waals surface area contributed by atoms with Gasteiger partial charge in [0.2, 0.25) is 0 Å². The van der Waals surface area contributed by atoms with Crippen molar-refractivity contribution in [2.45, 2.75) is 32.6 Å². The maximum Gasteiger partial charge on any atom is 0.292 e. The Kier molecular flexibility index (Phi) is 5.96. The number of nitrogens with zero attached hydrogens (tertiary/aromatic N) is 1. The predicted octanol–water partition coefficient (Wildman–Crippen LogP) is 5.14. The highest BCUT2D eigenvalue weighted by atomic mass is 32.2. The van der Waals surface area contributed by atoms with Crippen LogP contribution in [0.4, 0.5) is 0 Å². The average Bonchev–Trinajstić information content (AvgIpc) is 2.64. The molecule has 0 unspecified atom stereocenters. The van der Waals surface area contributed by atoms with E-state index in [9.17, 15) is 8.42 Å². The summed E-state index contributed by atoms with van der Waals surface area (Å²) >= 11 is 1.02. The molecule has 3 aromatic rings. The lowest BCUT2D eigenvalue weighted by atomic mass is 9.94. The van der Waals surface area contributed by atoms with E-state index < -0.39 is 10.0 Å². The van der Waals surface area contributed by atoms with E-state index in [1.54, 1.807) is 24.3 Å². The van der Waals surface area contributed by atoms with E-state index in [4.69, 9.17) is 0 Å². The smallest absolute Gasteiger partial charge is 0.198 e. The predicted molar refractivity (Wildman–Crippen MR) is 118 cm³/mol. The summed E-state index contributed by atoms with van der Waals surface area (Å²) < 4.78 is 29.5. The topological polar surface area (TPSA) is 46.5 Å². The van der Waals surface area contributed by atoms with Gasteiger partial charge < -0.3 is 0 Å². The molecule has 0 saturated carbocycles. The highest BCUT2D eigenvalue weighted by Gasteiger charge is 2.15. The molecule has 0 spiro atoms. The van der Waals surface area contributed by atoms with Gasteiger partial charge in [-0.15, -0.1) is 0 Å². The molecule has 0 N–H and O–H groups in total. The van der Waals surface area contributed by atoms with Crippen LogP contribution in [0.3, 0.4) is 0 Å². The molecule has 3 aromatic carbocycles. The summed E-state index contributed by atoms with van der Waals surface area (Å²) in [5.74, 6) is 0. The van der Waals surface area contributed by atoms with E-state index in [0.717, 1.165) is 43.8 Å². The van der Waals surface area contributed by atoms with E-state index in [2.05, 4.69) is 22.8 Å². The standard InChI is InChI=1S/C23H23NO2S2/c1-16-10-12-21(13-11-16)28(25,26)24-27-23(20-8-6-5-7-9-20)22-18(3)14-17(2)15-19(22)4/h5-15H,1-4H3. The van der Waals surface area contributed by atoms with Crippen molar-refractivity contribution in [1.29, 1.82) is 0 Å². The third-order valence-corrected chi connectivity index (χ3v) is 7.06. The molecule has 0 bridgehead atoms. The Labute approximate surface area is 170 Å². The van der Waals surface area contributed by atoms with E-state index in [1.165, 1.54) is 5.56 Å². The van der Waals surface area contributed by atoms with Gasteiger partial charge in [-0.2, -0.15) is 8.42 Å². The van der Waals surface area contributed by atoms with Crippen molar-refractivity contribution < 1.29 is 8.42 Å². The second kappa shape index (κ2) is 8.25. The summed E-state index contributed by atoms with van der Waals surface area (Å²) in [7, 11) is -3.75. The van der Waals surface area contributed by atoms with Crippen LogP contribution in [-0.4, -0.2) is 13.3 Å². The molecule has 5 heteroatoms. The second-order valence-electron chi connectivity index (χ2n) is 6.92. The molecule has 0 atom stereocenters. The first-order chi connectivity index (χ1) is 13.3. The van der Waals surface area contributed by atoms with Gasteiger partial charge in [0.1, 0.15) is 0 Å². The maximum atomic E-state index is 12.7. The fourth-order valence-corrected chi connectivity index (χ4v) is 5.38. The molecule has 3 rings (SSSR count). The van der Waals surface area contributed by atoms with Crippen molar-refractivity contribution in [1.82, 2.24) is 0 Å². The molecule has 0 aliphatic carbocycles. The molecule has 0 aromatic heterocycles. The highest BCUT2D eigenvalue weighted by Crippen LogP contribution is 2.21. The van der Waals surface area contributed by atoms with E-state index in [0.29, 0.717) is 0 Å². The van der Waals surface area contributed by atoms with Crippen LogP contribution < -0.4 is 0 Å². The van der Waals surface area contributed by atoms with Crippen molar-refractivity contribution in [2.24, 2.45) is 3.77 Å². The molecule has 0 amide bonds. The lowest BCUT2D eigenvalue weighted by molar-refractivity contribution is 0.598. The summed E-state index contributed by atoms with van der Waals surface area (Å²) in [6.45, 7) is 8.08. The lowest BCUT2D eigenvalue weighted by Crippen LogP contribution is -2.08. The van der Waals surface area contributed by atoms with E-state index >= 15 is 0 Å². The number of aryl methyl sites for hydroxylation is 4. The Balaban J connectivity index is 2.23. The second-order valence-corrected chi connectivity index (χ2v) is 9.53. The SMILES string of the molecule is Cc1ccc(S(=O)(=O)N=S=C(c2ccccc2)c2c(C)cc(C)cc2C)cc1. The summed E-state index contributed by atoms with van der Waals surface area (Å²) in [4.78, 5) is 1.04. The van der Waals surface area contributed by atoms with Crippen LogP contribution in [-0.2, 0) is 21.2 Å². The molecule has 0 fully saturated rings. The highest BCUT2D eigenvalue weighted by molar-refractivity contribution is 7.95. The third kappa shape index (κ3) is 4.49. The first kappa shape index (κ1) is 20.2. The van der Waals surface area contributed by atoms with Crippen LogP contribution in [0.2, 0.25) is 0 Å². The Hall–Kier alpha value is -2.50. The summed E-state index contributed by atoms with van der Waals surface area (Å²) in [6, 6.07) is 20.8. The number of benzene rings is 3. The van der Waals surface area contributed by atoms with Gasteiger partial charge in [0.15, 0.2) is 0 Å². The zero-order valence-corrected chi connectivity index (χ0v) is 18.1. The van der Waals surface area contributed by atoms with Gasteiger partial charge in [-0.25, -0.2) is 0 Å². The van der Waals surface area contributed by atoms with Crippen molar-refractivity contribution in [3.63, 3.8) is 0 Å². The molecule has 144 valence electrons. The van der Waals surface area contributed by atoms with Crippen LogP contribution in [0.15, 0.2) is 75.4 Å². The van der Waals surface area contributed by atoms with Crippen molar-refractivity contribution in [2.75, 3.05) is 0 Å². The molecular formula is C23H23NO2S2. The largest absolute Gasteiger partial charge is 0.292 e. The summed E-state index contributed by atoms with van der Waals surface area (Å²) in [5, 5.41) is 0. The van der Waals surface area contributed by atoms with Crippen LogP contribution >= 0.6 is 0 Å². The number of rotatable bonds is 4. The van der Waals surface area contributed by atoms with Crippen molar-refractivity contribution in [3.05, 3.63) is 100 Å². The molecule has 3 nitrogen and oxygen atoms in total. The Morgan fingerprint density at radius 1 is 0.786 bits per heavy atom. The van der Waals surface area contributed by atoms with Gasteiger partial charge in [0.25, 0.3) is 10.0 Å². The Bertz CT molecular complexity index is 1150. The zero-order valence-electron chi connectivity index (χ0n) is 16.4. The number of sulfonamides is 1. The van der Waals surface area contributed by atoms with E-state index in [-0.39, 0.29) is 4.90 Å². The summed E-state index contributed by atoms with van der Waals surface area (Å²) in [5.41, 5.74) is 6.38. The Morgan fingerprint density at radius 2 is 1.36 bits per heavy atom. The first-order valence-corrected chi connectivity index (χ1v) is 11.2. The van der Waals surface area contributed by atoms with Gasteiger partial charge in [0, 0.05) is 0 Å². The van der Waals surface area contributed by atoms with Gasteiger partial charge in [-0.05, 0) is 73.2 Å².